The molecule has 0 aliphatic heterocycles. The maximum absolute atomic E-state index is 14.4. The van der Waals surface area contributed by atoms with Crippen LogP contribution in [-0.4, -0.2) is 64.5 Å². The van der Waals surface area contributed by atoms with Crippen molar-refractivity contribution in [1.29, 1.82) is 0 Å². The summed E-state index contributed by atoms with van der Waals surface area (Å²) >= 11 is 0. The summed E-state index contributed by atoms with van der Waals surface area (Å²) in [5, 5.41) is 16.7. The van der Waals surface area contributed by atoms with Crippen LogP contribution >= 0.6 is 0 Å². The van der Waals surface area contributed by atoms with E-state index in [0.29, 0.717) is 22.4 Å². The Labute approximate surface area is 196 Å². The van der Waals surface area contributed by atoms with Crippen LogP contribution < -0.4 is 10.0 Å². The molecule has 1 atom stereocenters. The number of nitrogens with one attached hydrogen (secondary N) is 2. The molecule has 2 heterocycles. The zero-order valence-electron chi connectivity index (χ0n) is 19.3. The molecule has 3 aromatic rings. The van der Waals surface area contributed by atoms with Crippen molar-refractivity contribution in [2.75, 3.05) is 19.4 Å². The Kier molecular flexibility index (Phi) is 7.29. The minimum Gasteiger partial charge on any atom is -0.360 e. The van der Waals surface area contributed by atoms with E-state index in [4.69, 9.17) is 0 Å². The summed E-state index contributed by atoms with van der Waals surface area (Å²) in [5.41, 5.74) is 1.69. The summed E-state index contributed by atoms with van der Waals surface area (Å²) < 4.78 is 43.2. The number of benzene rings is 1. The number of carbonyl (C=O) groups excluding carboxylic acids is 1. The average molecular weight is 492 g/mol. The molecule has 0 fully saturated rings. The molecule has 1 amide bonds. The lowest BCUT2D eigenvalue weighted by atomic mass is 9.95. The van der Waals surface area contributed by atoms with E-state index >= 15 is 0 Å². The molecule has 0 saturated carbocycles. The zero-order valence-corrected chi connectivity index (χ0v) is 20.1. The van der Waals surface area contributed by atoms with Crippen LogP contribution in [0.3, 0.4) is 0 Å². The number of sulfonamides is 1. The van der Waals surface area contributed by atoms with Gasteiger partial charge in [0, 0.05) is 56.4 Å². The van der Waals surface area contributed by atoms with Crippen molar-refractivity contribution in [3.05, 3.63) is 54.0 Å². The fourth-order valence-electron chi connectivity index (χ4n) is 3.29. The van der Waals surface area contributed by atoms with Gasteiger partial charge in [0.15, 0.2) is 11.4 Å². The molecule has 0 saturated heterocycles. The van der Waals surface area contributed by atoms with Gasteiger partial charge in [0.25, 0.3) is 15.9 Å². The van der Waals surface area contributed by atoms with E-state index in [-0.39, 0.29) is 11.6 Å². The Morgan fingerprint density at radius 3 is 2.41 bits per heavy atom. The Hall–Kier alpha value is -3.42. The first-order chi connectivity index (χ1) is 15.9. The Bertz CT molecular complexity index is 1290. The van der Waals surface area contributed by atoms with Crippen LogP contribution in [0.5, 0.6) is 0 Å². The molecule has 0 aliphatic carbocycles. The van der Waals surface area contributed by atoms with Crippen LogP contribution in [0.4, 0.5) is 10.1 Å². The van der Waals surface area contributed by atoms with Gasteiger partial charge in [-0.05, 0) is 23.6 Å². The minimum absolute atomic E-state index is 0.0554. The highest BCUT2D eigenvalue weighted by Gasteiger charge is 2.26. The highest BCUT2D eigenvalue weighted by molar-refractivity contribution is 7.89. The van der Waals surface area contributed by atoms with Crippen molar-refractivity contribution < 1.29 is 22.7 Å². The van der Waals surface area contributed by atoms with E-state index in [0.717, 1.165) is 10.7 Å². The number of amides is 1. The van der Waals surface area contributed by atoms with E-state index in [1.54, 1.807) is 0 Å². The molecule has 34 heavy (non-hydrogen) atoms. The number of nitrogens with zero attached hydrogens (tertiary/aromatic N) is 5. The van der Waals surface area contributed by atoms with E-state index < -0.39 is 33.1 Å². The SMILES string of the molecule is CC(C)c1cc(F)cc(-c2cncnc2)c1NC(O)NS(=O)(=O)c1cc(C(=O)N(C)C)n(C)n1. The third kappa shape index (κ3) is 5.38. The molecule has 3 N–H and O–H groups in total. The van der Waals surface area contributed by atoms with Gasteiger partial charge >= 0.3 is 0 Å². The van der Waals surface area contributed by atoms with Gasteiger partial charge in [-0.25, -0.2) is 22.8 Å². The first-order valence-electron chi connectivity index (χ1n) is 10.2. The van der Waals surface area contributed by atoms with Crippen LogP contribution in [0.2, 0.25) is 0 Å². The summed E-state index contributed by atoms with van der Waals surface area (Å²) in [6.07, 6.45) is 2.48. The lowest BCUT2D eigenvalue weighted by molar-refractivity contribution is 0.0817. The third-order valence-corrected chi connectivity index (χ3v) is 6.22. The van der Waals surface area contributed by atoms with Crippen molar-refractivity contribution in [2.45, 2.75) is 31.1 Å². The molecule has 182 valence electrons. The summed E-state index contributed by atoms with van der Waals surface area (Å²) in [5.74, 6) is -1.10. The van der Waals surface area contributed by atoms with Crippen molar-refractivity contribution in [3.63, 3.8) is 0 Å². The molecule has 2 aromatic heterocycles. The van der Waals surface area contributed by atoms with Gasteiger partial charge in [-0.2, -0.15) is 9.82 Å². The largest absolute Gasteiger partial charge is 0.360 e. The normalized spacial score (nSPS) is 12.6. The first kappa shape index (κ1) is 25.2. The summed E-state index contributed by atoms with van der Waals surface area (Å²) in [6, 6.07) is 3.66. The Morgan fingerprint density at radius 2 is 1.82 bits per heavy atom. The lowest BCUT2D eigenvalue weighted by Gasteiger charge is -2.22. The maximum Gasteiger partial charge on any atom is 0.271 e. The highest BCUT2D eigenvalue weighted by Crippen LogP contribution is 2.35. The van der Waals surface area contributed by atoms with E-state index in [1.807, 2.05) is 13.8 Å². The monoisotopic (exact) mass is 491 g/mol. The van der Waals surface area contributed by atoms with Gasteiger partial charge in [0.05, 0.1) is 0 Å². The number of hydrogen-bond acceptors (Lipinski definition) is 8. The molecular formula is C21H26FN7O4S. The zero-order chi connectivity index (χ0) is 25.2. The lowest BCUT2D eigenvalue weighted by Crippen LogP contribution is -2.40. The van der Waals surface area contributed by atoms with Gasteiger partial charge in [-0.3, -0.25) is 9.48 Å². The molecule has 0 radical (unpaired) electrons. The van der Waals surface area contributed by atoms with E-state index in [9.17, 15) is 22.7 Å². The Morgan fingerprint density at radius 1 is 1.18 bits per heavy atom. The van der Waals surface area contributed by atoms with Gasteiger partial charge in [-0.15, -0.1) is 0 Å². The molecule has 1 aromatic carbocycles. The summed E-state index contributed by atoms with van der Waals surface area (Å²) in [6.45, 7) is 3.66. The van der Waals surface area contributed by atoms with Crippen LogP contribution in [-0.2, 0) is 17.1 Å². The highest BCUT2D eigenvalue weighted by atomic mass is 32.2. The van der Waals surface area contributed by atoms with Gasteiger partial charge in [0.2, 0.25) is 0 Å². The standard InChI is InChI=1S/C21H26FN7O4S/c1-12(2)15-6-14(22)7-16(13-9-23-11-24-10-13)19(15)25-21(31)27-34(32,33)18-8-17(29(5)26-18)20(30)28(3)4/h6-12,21,25,27,31H,1-5H3. The number of rotatable bonds is 8. The average Bonchev–Trinajstić information content (AvgIpc) is 3.16. The number of aliphatic hydroxyl groups excluding tert-OH is 1. The predicted octanol–water partition coefficient (Wildman–Crippen LogP) is 1.51. The second-order valence-corrected chi connectivity index (χ2v) is 9.72. The maximum atomic E-state index is 14.4. The summed E-state index contributed by atoms with van der Waals surface area (Å²) in [7, 11) is 0.169. The number of aryl methyl sites for hydroxylation is 1. The van der Waals surface area contributed by atoms with E-state index in [2.05, 4.69) is 25.1 Å². The topological polar surface area (TPSA) is 142 Å². The number of hydrogen-bond donors (Lipinski definition) is 3. The minimum atomic E-state index is -4.32. The van der Waals surface area contributed by atoms with Crippen LogP contribution in [0, 0.1) is 5.82 Å². The molecule has 1 unspecified atom stereocenters. The molecule has 0 aliphatic rings. The van der Waals surface area contributed by atoms with Gasteiger partial charge in [-0.1, -0.05) is 13.8 Å². The van der Waals surface area contributed by atoms with Gasteiger partial charge < -0.3 is 15.3 Å². The number of aliphatic hydroxyl groups is 1. The first-order valence-corrected chi connectivity index (χ1v) is 11.7. The van der Waals surface area contributed by atoms with Crippen molar-refractivity contribution in [1.82, 2.24) is 29.4 Å². The third-order valence-electron chi connectivity index (χ3n) is 4.93. The van der Waals surface area contributed by atoms with Crippen molar-refractivity contribution >= 4 is 21.6 Å². The predicted molar refractivity (Wildman–Crippen MR) is 123 cm³/mol. The fraction of sp³-hybridized carbons (Fsp3) is 0.333. The Balaban J connectivity index is 1.94. The fourth-order valence-corrected chi connectivity index (χ4v) is 4.26. The van der Waals surface area contributed by atoms with Crippen molar-refractivity contribution in [3.8, 4) is 11.1 Å². The quantitative estimate of drug-likeness (QED) is 0.403. The number of aromatic nitrogens is 4. The number of halogens is 1. The number of carbonyl (C=O) groups is 1. The van der Waals surface area contributed by atoms with Crippen LogP contribution in [0.25, 0.3) is 11.1 Å². The second-order valence-electron chi connectivity index (χ2n) is 8.06. The molecular weight excluding hydrogens is 465 g/mol. The number of anilines is 1. The summed E-state index contributed by atoms with van der Waals surface area (Å²) in [4.78, 5) is 21.4. The van der Waals surface area contributed by atoms with E-state index in [1.165, 1.54) is 56.9 Å². The molecule has 11 nitrogen and oxygen atoms in total. The molecule has 0 spiro atoms. The second kappa shape index (κ2) is 9.83. The smallest absolute Gasteiger partial charge is 0.271 e. The molecule has 13 heteroatoms. The molecule has 3 rings (SSSR count). The molecule has 0 bridgehead atoms. The van der Waals surface area contributed by atoms with Gasteiger partial charge in [0.1, 0.15) is 17.8 Å². The van der Waals surface area contributed by atoms with Crippen LogP contribution in [0.15, 0.2) is 41.9 Å². The van der Waals surface area contributed by atoms with Crippen LogP contribution in [0.1, 0.15) is 35.8 Å². The van der Waals surface area contributed by atoms with Crippen molar-refractivity contribution in [2.24, 2.45) is 7.05 Å².